The second kappa shape index (κ2) is 9.58. The molecule has 1 aliphatic heterocycles. The highest BCUT2D eigenvalue weighted by Crippen LogP contribution is 2.67. The van der Waals surface area contributed by atoms with E-state index >= 15 is 0 Å². The van der Waals surface area contributed by atoms with Gasteiger partial charge in [0.25, 0.3) is 5.56 Å². The quantitative estimate of drug-likeness (QED) is 0.163. The van der Waals surface area contributed by atoms with E-state index in [0.29, 0.717) is 0 Å². The molecule has 3 aromatic rings. The largest absolute Gasteiger partial charge is 0.462 e. The molecular formula is C23H28ClN6O8P. The average molecular weight is 583 g/mol. The Bertz CT molecular complexity index is 1510. The standard InChI is InChI=1S/C23H28ClN6O8P/c1-11(2)35-19(32)12(3)29-39(34,37-13-8-6-5-7-9-13)38-16-15-23(16,33)22(4,24)20(36-15)30-10-26-14-17(30)27-21(25)28-18(14)31/h5-12,15-16,20,33H,1-4H3,(H,29,34)(H3,25,27,28,31)/t12-,15-,16?,20-,22+,23+,39?/m1/s1. The van der Waals surface area contributed by atoms with Crippen molar-refractivity contribution in [2.75, 3.05) is 5.73 Å². The number of fused-ring (bicyclic) bond motifs is 2. The van der Waals surface area contributed by atoms with Crippen LogP contribution < -0.4 is 20.9 Å². The fraction of sp³-hybridized carbons (Fsp3) is 0.478. The number of alkyl halides is 1. The third-order valence-corrected chi connectivity index (χ3v) is 8.69. The Morgan fingerprint density at radius 2 is 2.03 bits per heavy atom. The first-order chi connectivity index (χ1) is 18.3. The number of aliphatic hydroxyl groups is 1. The minimum atomic E-state index is -4.32. The van der Waals surface area contributed by atoms with Gasteiger partial charge in [0.2, 0.25) is 5.95 Å². The van der Waals surface area contributed by atoms with E-state index in [1.807, 2.05) is 0 Å². The Balaban J connectivity index is 1.40. The number of aromatic nitrogens is 4. The zero-order valence-electron chi connectivity index (χ0n) is 21.4. The summed E-state index contributed by atoms with van der Waals surface area (Å²) in [5.41, 5.74) is 3.40. The van der Waals surface area contributed by atoms with Crippen molar-refractivity contribution >= 4 is 42.4 Å². The summed E-state index contributed by atoms with van der Waals surface area (Å²) in [5.74, 6) is -0.613. The third-order valence-electron chi connectivity index (χ3n) is 6.54. The number of imidazole rings is 1. The molecule has 210 valence electrons. The van der Waals surface area contributed by atoms with E-state index in [-0.39, 0.29) is 22.9 Å². The lowest BCUT2D eigenvalue weighted by molar-refractivity contribution is -0.149. The van der Waals surface area contributed by atoms with Crippen molar-refractivity contribution in [3.63, 3.8) is 0 Å². The highest BCUT2D eigenvalue weighted by molar-refractivity contribution is 7.52. The van der Waals surface area contributed by atoms with Gasteiger partial charge < -0.3 is 24.8 Å². The molecule has 0 radical (unpaired) electrons. The molecule has 39 heavy (non-hydrogen) atoms. The summed E-state index contributed by atoms with van der Waals surface area (Å²) < 4.78 is 38.0. The number of para-hydroxylation sites is 1. The Morgan fingerprint density at radius 3 is 2.64 bits per heavy atom. The van der Waals surface area contributed by atoms with Crippen molar-refractivity contribution in [3.8, 4) is 5.75 Å². The van der Waals surface area contributed by atoms with E-state index in [1.54, 1.807) is 44.2 Å². The predicted molar refractivity (Wildman–Crippen MR) is 139 cm³/mol. The van der Waals surface area contributed by atoms with Crippen LogP contribution in [-0.4, -0.2) is 65.4 Å². The van der Waals surface area contributed by atoms with Crippen LogP contribution in [0.1, 0.15) is 33.9 Å². The first kappa shape index (κ1) is 27.6. The number of halogens is 1. The summed E-state index contributed by atoms with van der Waals surface area (Å²) in [7, 11) is -4.32. The fourth-order valence-corrected chi connectivity index (χ4v) is 6.64. The highest BCUT2D eigenvalue weighted by atomic mass is 35.5. The van der Waals surface area contributed by atoms with E-state index < -0.39 is 60.3 Å². The molecule has 16 heteroatoms. The monoisotopic (exact) mass is 582 g/mol. The summed E-state index contributed by atoms with van der Waals surface area (Å²) in [4.78, 5) is 33.6. The first-order valence-electron chi connectivity index (χ1n) is 12.1. The second-order valence-electron chi connectivity index (χ2n) is 9.85. The average Bonchev–Trinajstić information content (AvgIpc) is 3.10. The molecule has 1 aliphatic carbocycles. The van der Waals surface area contributed by atoms with Crippen molar-refractivity contribution in [1.82, 2.24) is 24.6 Å². The number of nitrogens with two attached hydrogens (primary N) is 1. The molecule has 1 aromatic carbocycles. The molecule has 0 spiro atoms. The molecule has 5 rings (SSSR count). The number of hydrogen-bond acceptors (Lipinski definition) is 11. The molecule has 0 bridgehead atoms. The molecule has 2 aliphatic rings. The minimum absolute atomic E-state index is 0.00728. The van der Waals surface area contributed by atoms with Gasteiger partial charge in [-0.1, -0.05) is 18.2 Å². The SMILES string of the molecule is CC(C)OC(=O)[C@@H](C)NP(=O)(Oc1ccccc1)OC1[C@H]2O[C@@H](n3cnc4c(=O)[nH]c(N)nc43)[C@](C)(Cl)[C@@]12O. The molecule has 7 atom stereocenters. The molecule has 0 amide bonds. The molecule has 2 fully saturated rings. The second-order valence-corrected chi connectivity index (χ2v) is 12.3. The number of aromatic amines is 1. The van der Waals surface area contributed by atoms with Gasteiger partial charge >= 0.3 is 13.7 Å². The van der Waals surface area contributed by atoms with Crippen LogP contribution in [-0.2, 0) is 23.4 Å². The Labute approximate surface area is 227 Å². The molecule has 1 saturated heterocycles. The van der Waals surface area contributed by atoms with Crippen LogP contribution in [0.15, 0.2) is 41.5 Å². The van der Waals surface area contributed by atoms with Crippen LogP contribution in [0.25, 0.3) is 11.2 Å². The third kappa shape index (κ3) is 4.71. The highest BCUT2D eigenvalue weighted by Gasteiger charge is 2.84. The van der Waals surface area contributed by atoms with Crippen molar-refractivity contribution in [2.45, 2.75) is 68.8 Å². The zero-order valence-corrected chi connectivity index (χ0v) is 23.1. The normalized spacial score (nSPS) is 30.1. The van der Waals surface area contributed by atoms with E-state index in [0.717, 1.165) is 0 Å². The number of ether oxygens (including phenoxy) is 2. The zero-order chi connectivity index (χ0) is 28.3. The number of nitrogens with zero attached hydrogens (tertiary/aromatic N) is 3. The Hall–Kier alpha value is -3.00. The van der Waals surface area contributed by atoms with Gasteiger partial charge in [0.1, 0.15) is 34.5 Å². The number of nitrogens with one attached hydrogen (secondary N) is 2. The molecule has 1 saturated carbocycles. The van der Waals surface area contributed by atoms with Crippen LogP contribution in [0.4, 0.5) is 5.95 Å². The fourth-order valence-electron chi connectivity index (χ4n) is 4.56. The van der Waals surface area contributed by atoms with Gasteiger partial charge in [0, 0.05) is 0 Å². The first-order valence-corrected chi connectivity index (χ1v) is 14.0. The van der Waals surface area contributed by atoms with Gasteiger partial charge in [-0.15, -0.1) is 11.6 Å². The summed E-state index contributed by atoms with van der Waals surface area (Å²) in [6.07, 6.45) is -2.40. The van der Waals surface area contributed by atoms with Crippen LogP contribution in [0.3, 0.4) is 0 Å². The van der Waals surface area contributed by atoms with Gasteiger partial charge in [-0.25, -0.2) is 9.55 Å². The van der Waals surface area contributed by atoms with Crippen LogP contribution in [0, 0.1) is 0 Å². The van der Waals surface area contributed by atoms with Crippen molar-refractivity contribution < 1.29 is 33.0 Å². The lowest BCUT2D eigenvalue weighted by atomic mass is 10.0. The topological polar surface area (TPSA) is 193 Å². The number of hydrogen-bond donors (Lipinski definition) is 4. The van der Waals surface area contributed by atoms with E-state index in [2.05, 4.69) is 20.0 Å². The number of benzene rings is 1. The summed E-state index contributed by atoms with van der Waals surface area (Å²) in [6, 6.07) is 7.10. The summed E-state index contributed by atoms with van der Waals surface area (Å²) in [5, 5.41) is 14.2. The van der Waals surface area contributed by atoms with Gasteiger partial charge in [-0.05, 0) is 39.8 Å². The van der Waals surface area contributed by atoms with Gasteiger partial charge in [-0.3, -0.25) is 23.7 Å². The molecular weight excluding hydrogens is 555 g/mol. The summed E-state index contributed by atoms with van der Waals surface area (Å²) >= 11 is 6.86. The maximum Gasteiger partial charge on any atom is 0.459 e. The number of esters is 1. The maximum absolute atomic E-state index is 13.9. The minimum Gasteiger partial charge on any atom is -0.462 e. The van der Waals surface area contributed by atoms with E-state index in [4.69, 9.17) is 35.9 Å². The molecule has 14 nitrogen and oxygen atoms in total. The lowest BCUT2D eigenvalue weighted by Gasteiger charge is -2.33. The maximum atomic E-state index is 13.9. The predicted octanol–water partition coefficient (Wildman–Crippen LogP) is 1.84. The van der Waals surface area contributed by atoms with Gasteiger partial charge in [0.05, 0.1) is 12.4 Å². The molecule has 2 aromatic heterocycles. The Morgan fingerprint density at radius 1 is 1.33 bits per heavy atom. The van der Waals surface area contributed by atoms with Crippen molar-refractivity contribution in [3.05, 3.63) is 47.0 Å². The molecule has 3 heterocycles. The number of rotatable bonds is 9. The van der Waals surface area contributed by atoms with Gasteiger partial charge in [-0.2, -0.15) is 10.1 Å². The number of anilines is 1. The Kier molecular flexibility index (Phi) is 6.77. The number of H-pyrrole nitrogens is 1. The number of carbonyl (C=O) groups excluding carboxylic acids is 1. The van der Waals surface area contributed by atoms with E-state index in [9.17, 15) is 19.3 Å². The van der Waals surface area contributed by atoms with Crippen LogP contribution in [0.5, 0.6) is 5.75 Å². The van der Waals surface area contributed by atoms with Crippen LogP contribution >= 0.6 is 19.3 Å². The lowest BCUT2D eigenvalue weighted by Crippen LogP contribution is -2.45. The smallest absolute Gasteiger partial charge is 0.459 e. The summed E-state index contributed by atoms with van der Waals surface area (Å²) in [6.45, 7) is 6.31. The van der Waals surface area contributed by atoms with E-state index in [1.165, 1.54) is 24.7 Å². The van der Waals surface area contributed by atoms with Gasteiger partial charge in [0.15, 0.2) is 17.4 Å². The van der Waals surface area contributed by atoms with Crippen LogP contribution in [0.2, 0.25) is 0 Å². The number of nitrogen functional groups attached to an aromatic ring is 1. The molecule has 5 N–H and O–H groups in total. The van der Waals surface area contributed by atoms with Crippen molar-refractivity contribution in [1.29, 1.82) is 0 Å². The molecule has 2 unspecified atom stereocenters. The number of carbonyl (C=O) groups is 1. The van der Waals surface area contributed by atoms with Crippen molar-refractivity contribution in [2.24, 2.45) is 0 Å².